The van der Waals surface area contributed by atoms with Crippen molar-refractivity contribution >= 4 is 10.8 Å². The SMILES string of the molecule is C=C(C)C(C)c1ccc2cc(C)ccc2c1. The first-order valence-electron chi connectivity index (χ1n) is 5.73. The first-order valence-corrected chi connectivity index (χ1v) is 5.73. The number of hydrogen-bond acceptors (Lipinski definition) is 0. The molecule has 1 atom stereocenters. The Labute approximate surface area is 97.6 Å². The fourth-order valence-corrected chi connectivity index (χ4v) is 1.94. The van der Waals surface area contributed by atoms with Crippen LogP contribution in [0, 0.1) is 6.92 Å². The van der Waals surface area contributed by atoms with Gasteiger partial charge in [0.25, 0.3) is 0 Å². The average molecular weight is 210 g/mol. The van der Waals surface area contributed by atoms with E-state index in [9.17, 15) is 0 Å². The quantitative estimate of drug-likeness (QED) is 0.623. The monoisotopic (exact) mass is 210 g/mol. The Morgan fingerprint density at radius 1 is 1.06 bits per heavy atom. The van der Waals surface area contributed by atoms with Gasteiger partial charge in [0.05, 0.1) is 0 Å². The van der Waals surface area contributed by atoms with Crippen molar-refractivity contribution in [2.75, 3.05) is 0 Å². The van der Waals surface area contributed by atoms with Crippen LogP contribution < -0.4 is 0 Å². The molecule has 82 valence electrons. The third kappa shape index (κ3) is 2.01. The second kappa shape index (κ2) is 4.13. The highest BCUT2D eigenvalue weighted by Crippen LogP contribution is 2.26. The molecule has 0 saturated carbocycles. The molecule has 1 unspecified atom stereocenters. The lowest BCUT2D eigenvalue weighted by Crippen LogP contribution is -1.93. The van der Waals surface area contributed by atoms with Gasteiger partial charge in [-0.3, -0.25) is 0 Å². The molecule has 0 fully saturated rings. The maximum atomic E-state index is 4.03. The predicted octanol–water partition coefficient (Wildman–Crippen LogP) is 4.83. The maximum Gasteiger partial charge on any atom is 0.00145 e. The predicted molar refractivity (Wildman–Crippen MR) is 71.9 cm³/mol. The lowest BCUT2D eigenvalue weighted by atomic mass is 9.93. The van der Waals surface area contributed by atoms with Crippen molar-refractivity contribution < 1.29 is 0 Å². The minimum absolute atomic E-state index is 0.436. The van der Waals surface area contributed by atoms with Crippen LogP contribution in [0.2, 0.25) is 0 Å². The first kappa shape index (κ1) is 10.9. The molecule has 16 heavy (non-hydrogen) atoms. The van der Waals surface area contributed by atoms with Crippen LogP contribution in [0.15, 0.2) is 48.6 Å². The van der Waals surface area contributed by atoms with Crippen molar-refractivity contribution in [3.63, 3.8) is 0 Å². The molecular weight excluding hydrogens is 192 g/mol. The van der Waals surface area contributed by atoms with E-state index < -0.39 is 0 Å². The topological polar surface area (TPSA) is 0 Å². The molecule has 0 heterocycles. The van der Waals surface area contributed by atoms with Gasteiger partial charge in [0.15, 0.2) is 0 Å². The van der Waals surface area contributed by atoms with Gasteiger partial charge in [-0.1, -0.05) is 61.0 Å². The lowest BCUT2D eigenvalue weighted by molar-refractivity contribution is 0.901. The van der Waals surface area contributed by atoms with Crippen LogP contribution >= 0.6 is 0 Å². The summed E-state index contributed by atoms with van der Waals surface area (Å²) in [4.78, 5) is 0. The van der Waals surface area contributed by atoms with E-state index in [1.165, 1.54) is 27.5 Å². The van der Waals surface area contributed by atoms with Gasteiger partial charge < -0.3 is 0 Å². The van der Waals surface area contributed by atoms with Crippen LogP contribution in [0.5, 0.6) is 0 Å². The van der Waals surface area contributed by atoms with Crippen LogP contribution in [0.4, 0.5) is 0 Å². The number of aryl methyl sites for hydroxylation is 1. The average Bonchev–Trinajstić information content (AvgIpc) is 2.27. The molecule has 0 aliphatic rings. The van der Waals surface area contributed by atoms with Crippen LogP contribution in [0.1, 0.15) is 30.9 Å². The van der Waals surface area contributed by atoms with Gasteiger partial charge in [-0.05, 0) is 30.2 Å². The number of benzene rings is 2. The smallest absolute Gasteiger partial charge is 0.00145 e. The largest absolute Gasteiger partial charge is 0.0995 e. The molecule has 0 amide bonds. The van der Waals surface area contributed by atoms with E-state index >= 15 is 0 Å². The summed E-state index contributed by atoms with van der Waals surface area (Å²) in [6.07, 6.45) is 0. The molecule has 0 heteroatoms. The molecule has 2 aromatic rings. The van der Waals surface area contributed by atoms with Crippen molar-refractivity contribution in [1.29, 1.82) is 0 Å². The zero-order valence-corrected chi connectivity index (χ0v) is 10.2. The Hall–Kier alpha value is -1.56. The van der Waals surface area contributed by atoms with Gasteiger partial charge in [0.2, 0.25) is 0 Å². The van der Waals surface area contributed by atoms with Gasteiger partial charge in [-0.25, -0.2) is 0 Å². The van der Waals surface area contributed by atoms with Crippen molar-refractivity contribution in [3.8, 4) is 0 Å². The molecule has 0 bridgehead atoms. The Kier molecular flexibility index (Phi) is 2.82. The minimum atomic E-state index is 0.436. The Morgan fingerprint density at radius 3 is 2.38 bits per heavy atom. The Balaban J connectivity index is 2.52. The van der Waals surface area contributed by atoms with Gasteiger partial charge in [0.1, 0.15) is 0 Å². The molecule has 0 aliphatic heterocycles. The van der Waals surface area contributed by atoms with E-state index in [0.29, 0.717) is 5.92 Å². The van der Waals surface area contributed by atoms with Gasteiger partial charge in [0, 0.05) is 5.92 Å². The molecule has 0 nitrogen and oxygen atoms in total. The zero-order valence-electron chi connectivity index (χ0n) is 10.2. The summed E-state index contributed by atoms with van der Waals surface area (Å²) in [6, 6.07) is 13.3. The third-order valence-electron chi connectivity index (χ3n) is 3.26. The lowest BCUT2D eigenvalue weighted by Gasteiger charge is -2.12. The summed E-state index contributed by atoms with van der Waals surface area (Å²) in [5.74, 6) is 0.436. The van der Waals surface area contributed by atoms with Crippen molar-refractivity contribution in [2.45, 2.75) is 26.7 Å². The molecule has 0 aliphatic carbocycles. The summed E-state index contributed by atoms with van der Waals surface area (Å²) in [6.45, 7) is 10.4. The number of fused-ring (bicyclic) bond motifs is 1. The first-order chi connectivity index (χ1) is 7.58. The molecule has 0 aromatic heterocycles. The van der Waals surface area contributed by atoms with Crippen LogP contribution in [0.25, 0.3) is 10.8 Å². The van der Waals surface area contributed by atoms with Gasteiger partial charge in [-0.2, -0.15) is 0 Å². The van der Waals surface area contributed by atoms with E-state index in [0.717, 1.165) is 0 Å². The van der Waals surface area contributed by atoms with Crippen LogP contribution in [0.3, 0.4) is 0 Å². The van der Waals surface area contributed by atoms with E-state index in [1.807, 2.05) is 0 Å². The molecule has 0 saturated heterocycles. The van der Waals surface area contributed by atoms with E-state index in [4.69, 9.17) is 0 Å². The highest BCUT2D eigenvalue weighted by Gasteiger charge is 2.06. The molecule has 0 N–H and O–H groups in total. The normalized spacial score (nSPS) is 12.7. The summed E-state index contributed by atoms with van der Waals surface area (Å²) in [7, 11) is 0. The molecule has 2 rings (SSSR count). The van der Waals surface area contributed by atoms with Crippen molar-refractivity contribution in [2.24, 2.45) is 0 Å². The highest BCUT2D eigenvalue weighted by molar-refractivity contribution is 5.84. The van der Waals surface area contributed by atoms with Crippen molar-refractivity contribution in [3.05, 3.63) is 59.7 Å². The van der Waals surface area contributed by atoms with Crippen molar-refractivity contribution in [1.82, 2.24) is 0 Å². The number of rotatable bonds is 2. The van der Waals surface area contributed by atoms with E-state index in [2.05, 4.69) is 63.7 Å². The minimum Gasteiger partial charge on any atom is -0.0995 e. The summed E-state index contributed by atoms with van der Waals surface area (Å²) in [5, 5.41) is 2.63. The van der Waals surface area contributed by atoms with E-state index in [-0.39, 0.29) is 0 Å². The fourth-order valence-electron chi connectivity index (χ4n) is 1.94. The maximum absolute atomic E-state index is 4.03. The highest BCUT2D eigenvalue weighted by atomic mass is 14.1. The second-order valence-electron chi connectivity index (χ2n) is 4.68. The molecule has 2 aromatic carbocycles. The summed E-state index contributed by atoms with van der Waals surface area (Å²) in [5.41, 5.74) is 3.88. The number of allylic oxidation sites excluding steroid dienone is 1. The van der Waals surface area contributed by atoms with E-state index in [1.54, 1.807) is 0 Å². The molecule has 0 radical (unpaired) electrons. The number of hydrogen-bond donors (Lipinski definition) is 0. The summed E-state index contributed by atoms with van der Waals surface area (Å²) < 4.78 is 0. The fraction of sp³-hybridized carbons (Fsp3) is 0.250. The Bertz CT molecular complexity index is 535. The standard InChI is InChI=1S/C16H18/c1-11(2)13(4)14-7-8-15-9-12(3)5-6-16(15)10-14/h5-10,13H,1H2,2-4H3. The van der Waals surface area contributed by atoms with Gasteiger partial charge in [-0.15, -0.1) is 0 Å². The van der Waals surface area contributed by atoms with Crippen LogP contribution in [-0.2, 0) is 0 Å². The zero-order chi connectivity index (χ0) is 11.7. The van der Waals surface area contributed by atoms with Crippen LogP contribution in [-0.4, -0.2) is 0 Å². The third-order valence-corrected chi connectivity index (χ3v) is 3.26. The van der Waals surface area contributed by atoms with Gasteiger partial charge >= 0.3 is 0 Å². The molecular formula is C16H18. The Morgan fingerprint density at radius 2 is 1.69 bits per heavy atom. The second-order valence-corrected chi connectivity index (χ2v) is 4.68. The molecule has 0 spiro atoms. The summed E-state index contributed by atoms with van der Waals surface area (Å²) >= 11 is 0.